The molecule has 0 aliphatic rings. The largest absolute Gasteiger partial charge is 0.508 e. The average molecular weight is 839 g/mol. The third-order valence-corrected chi connectivity index (χ3v) is 10.1. The molecule has 0 fully saturated rings. The summed E-state index contributed by atoms with van der Waals surface area (Å²) >= 11 is 0. The summed E-state index contributed by atoms with van der Waals surface area (Å²) < 4.78 is 0. The topological polar surface area (TPSA) is 252 Å². The second-order valence-corrected chi connectivity index (χ2v) is 15.9. The molecule has 0 bridgehead atoms. The van der Waals surface area contributed by atoms with Crippen molar-refractivity contribution >= 4 is 47.4 Å². The molecule has 0 saturated carbocycles. The Labute approximate surface area is 351 Å². The summed E-state index contributed by atoms with van der Waals surface area (Å²) in [5.41, 5.74) is 1.55. The minimum Gasteiger partial charge on any atom is -0.508 e. The highest BCUT2D eigenvalue weighted by Gasteiger charge is 2.37. The van der Waals surface area contributed by atoms with Gasteiger partial charge in [-0.05, 0) is 53.9 Å². The first kappa shape index (κ1) is 50.1. The molecule has 6 atom stereocenters. The van der Waals surface area contributed by atoms with Gasteiger partial charge < -0.3 is 46.4 Å². The third kappa shape index (κ3) is 16.3. The number of carboxylic acids is 2. The first-order valence-electron chi connectivity index (χ1n) is 20.1. The van der Waals surface area contributed by atoms with Gasteiger partial charge in [-0.3, -0.25) is 33.6 Å². The standard InChI is InChI=1S/C43H62N6O11/c1-9-27(6)37(47-42(58)38(26(4)5)49(8)35(52)22-29-15-17-30(50)18-16-29)41(57)45-31(23-34(51)48(7)20-19-28-13-11-10-12-14-28)39(55)44-32(24-36(53)54)40(56)46-33(43(59)60)21-25(2)3/h10-18,25-27,31-33,37-38,50H,9,19-24H2,1-8H3,(H,44,55)(H,45,57)(H,46,56)(H,47,58)(H,53,54)(H,59,60)/t27-,31?,32-,33-,37-,38-/m0/s1. The smallest absolute Gasteiger partial charge is 0.326 e. The van der Waals surface area contributed by atoms with Crippen molar-refractivity contribution in [1.29, 1.82) is 0 Å². The van der Waals surface area contributed by atoms with Crippen LogP contribution in [0, 0.1) is 17.8 Å². The van der Waals surface area contributed by atoms with Gasteiger partial charge in [0.05, 0.1) is 19.3 Å². The number of aliphatic carboxylic acids is 2. The fraction of sp³-hybridized carbons (Fsp3) is 0.535. The molecule has 0 radical (unpaired) electrons. The molecule has 0 spiro atoms. The number of aromatic hydroxyl groups is 1. The molecule has 60 heavy (non-hydrogen) atoms. The number of hydrogen-bond acceptors (Lipinski definition) is 9. The Morgan fingerprint density at radius 2 is 1.20 bits per heavy atom. The van der Waals surface area contributed by atoms with Crippen molar-refractivity contribution in [2.24, 2.45) is 17.8 Å². The molecular weight excluding hydrogens is 777 g/mol. The molecule has 7 N–H and O–H groups in total. The summed E-state index contributed by atoms with van der Waals surface area (Å²) in [6.07, 6.45) is -0.777. The molecular formula is C43H62N6O11. The molecule has 2 rings (SSSR count). The summed E-state index contributed by atoms with van der Waals surface area (Å²) in [5.74, 6) is -8.62. The number of phenolic OH excluding ortho intramolecular Hbond substituents is 1. The number of amides is 6. The van der Waals surface area contributed by atoms with E-state index in [1.807, 2.05) is 30.3 Å². The van der Waals surface area contributed by atoms with Gasteiger partial charge in [0, 0.05) is 20.6 Å². The lowest BCUT2D eigenvalue weighted by Crippen LogP contribution is -2.61. The molecule has 17 heteroatoms. The minimum atomic E-state index is -1.79. The molecule has 0 saturated heterocycles. The van der Waals surface area contributed by atoms with Gasteiger partial charge in [0.1, 0.15) is 36.0 Å². The van der Waals surface area contributed by atoms with Crippen LogP contribution < -0.4 is 21.3 Å². The highest BCUT2D eigenvalue weighted by molar-refractivity contribution is 5.98. The number of nitrogens with zero attached hydrogens (tertiary/aromatic N) is 2. The van der Waals surface area contributed by atoms with Gasteiger partial charge in [-0.25, -0.2) is 4.79 Å². The molecule has 0 aliphatic heterocycles. The van der Waals surface area contributed by atoms with E-state index in [2.05, 4.69) is 21.3 Å². The number of carboxylic acid groups (broad SMARTS) is 2. The van der Waals surface area contributed by atoms with E-state index in [4.69, 9.17) is 0 Å². The third-order valence-electron chi connectivity index (χ3n) is 10.1. The average Bonchev–Trinajstić information content (AvgIpc) is 3.18. The zero-order valence-electron chi connectivity index (χ0n) is 35.8. The highest BCUT2D eigenvalue weighted by atomic mass is 16.4. The maximum Gasteiger partial charge on any atom is 0.326 e. The predicted molar refractivity (Wildman–Crippen MR) is 222 cm³/mol. The lowest BCUT2D eigenvalue weighted by atomic mass is 9.95. The Morgan fingerprint density at radius 3 is 1.72 bits per heavy atom. The van der Waals surface area contributed by atoms with Gasteiger partial charge in [0.25, 0.3) is 0 Å². The van der Waals surface area contributed by atoms with Gasteiger partial charge in [-0.1, -0.05) is 90.4 Å². The number of likely N-dealkylation sites (N-methyl/N-ethyl adjacent to an activating group) is 2. The van der Waals surface area contributed by atoms with Crippen molar-refractivity contribution in [2.75, 3.05) is 20.6 Å². The Morgan fingerprint density at radius 1 is 0.650 bits per heavy atom. The van der Waals surface area contributed by atoms with E-state index in [9.17, 15) is 53.7 Å². The molecule has 0 aromatic heterocycles. The van der Waals surface area contributed by atoms with E-state index in [1.165, 1.54) is 36.0 Å². The van der Waals surface area contributed by atoms with Gasteiger partial charge in [-0.2, -0.15) is 0 Å². The number of carbonyl (C=O) groups excluding carboxylic acids is 6. The van der Waals surface area contributed by atoms with Crippen LogP contribution in [0.25, 0.3) is 0 Å². The lowest BCUT2D eigenvalue weighted by molar-refractivity contribution is -0.144. The monoisotopic (exact) mass is 838 g/mol. The molecule has 1 unspecified atom stereocenters. The number of hydrogen-bond donors (Lipinski definition) is 7. The van der Waals surface area contributed by atoms with Crippen molar-refractivity contribution in [2.45, 2.75) is 110 Å². The summed E-state index contributed by atoms with van der Waals surface area (Å²) in [6, 6.07) is 8.20. The Bertz CT molecular complexity index is 1790. The molecule has 6 amide bonds. The number of carbonyl (C=O) groups is 8. The molecule has 0 heterocycles. The van der Waals surface area contributed by atoms with Crippen LogP contribution in [0.5, 0.6) is 5.75 Å². The van der Waals surface area contributed by atoms with E-state index in [0.29, 0.717) is 18.4 Å². The minimum absolute atomic E-state index is 0.0140. The second kappa shape index (κ2) is 24.2. The normalized spacial score (nSPS) is 14.1. The van der Waals surface area contributed by atoms with E-state index >= 15 is 0 Å². The summed E-state index contributed by atoms with van der Waals surface area (Å²) in [6.45, 7) is 10.6. The van der Waals surface area contributed by atoms with Gasteiger partial charge >= 0.3 is 11.9 Å². The fourth-order valence-corrected chi connectivity index (χ4v) is 6.42. The lowest BCUT2D eigenvalue weighted by Gasteiger charge is -2.33. The number of phenols is 1. The SMILES string of the molecule is CC[C@H](C)[C@H](NC(=O)[C@H](C(C)C)N(C)C(=O)Cc1ccc(O)cc1)C(=O)NC(CC(=O)N(C)CCc1ccccc1)C(=O)N[C@@H](CC(=O)O)C(=O)N[C@@H](CC(C)C)C(=O)O. The van der Waals surface area contributed by atoms with Crippen LogP contribution in [0.3, 0.4) is 0 Å². The van der Waals surface area contributed by atoms with Crippen LogP contribution in [0.1, 0.15) is 78.4 Å². The predicted octanol–water partition coefficient (Wildman–Crippen LogP) is 2.10. The maximum atomic E-state index is 14.2. The molecule has 2 aromatic carbocycles. The molecule has 17 nitrogen and oxygen atoms in total. The van der Waals surface area contributed by atoms with Gasteiger partial charge in [-0.15, -0.1) is 0 Å². The molecule has 0 aliphatic carbocycles. The van der Waals surface area contributed by atoms with E-state index in [0.717, 1.165) is 5.56 Å². The Hall–Kier alpha value is -6.00. The van der Waals surface area contributed by atoms with Crippen molar-refractivity contribution < 1.29 is 53.7 Å². The van der Waals surface area contributed by atoms with Gasteiger partial charge in [0.15, 0.2) is 0 Å². The fourth-order valence-electron chi connectivity index (χ4n) is 6.42. The number of benzene rings is 2. The van der Waals surface area contributed by atoms with Crippen molar-refractivity contribution in [3.05, 3.63) is 65.7 Å². The Balaban J connectivity index is 2.43. The van der Waals surface area contributed by atoms with Gasteiger partial charge in [0.2, 0.25) is 35.4 Å². The first-order chi connectivity index (χ1) is 28.1. The molecule has 2 aromatic rings. The van der Waals surface area contributed by atoms with Crippen molar-refractivity contribution in [3.8, 4) is 5.75 Å². The van der Waals surface area contributed by atoms with Crippen LogP contribution in [0.15, 0.2) is 54.6 Å². The maximum absolute atomic E-state index is 14.2. The van der Waals surface area contributed by atoms with Crippen LogP contribution in [-0.2, 0) is 51.2 Å². The zero-order chi connectivity index (χ0) is 45.3. The van der Waals surface area contributed by atoms with E-state index in [-0.39, 0.29) is 31.1 Å². The second-order valence-electron chi connectivity index (χ2n) is 15.9. The van der Waals surface area contributed by atoms with Crippen molar-refractivity contribution in [1.82, 2.24) is 31.1 Å². The zero-order valence-corrected chi connectivity index (χ0v) is 35.8. The number of nitrogens with one attached hydrogen (secondary N) is 4. The van der Waals surface area contributed by atoms with Crippen LogP contribution in [-0.4, -0.2) is 123 Å². The van der Waals surface area contributed by atoms with Crippen molar-refractivity contribution in [3.63, 3.8) is 0 Å². The summed E-state index contributed by atoms with van der Waals surface area (Å²) in [5, 5.41) is 38.8. The Kier molecular flexibility index (Phi) is 20.2. The van der Waals surface area contributed by atoms with E-state index in [1.54, 1.807) is 53.7 Å². The summed E-state index contributed by atoms with van der Waals surface area (Å²) in [4.78, 5) is 109. The summed E-state index contributed by atoms with van der Waals surface area (Å²) in [7, 11) is 2.98. The van der Waals surface area contributed by atoms with Crippen LogP contribution >= 0.6 is 0 Å². The quantitative estimate of drug-likeness (QED) is 0.0807. The first-order valence-corrected chi connectivity index (χ1v) is 20.1. The van der Waals surface area contributed by atoms with Crippen LogP contribution in [0.4, 0.5) is 0 Å². The van der Waals surface area contributed by atoms with E-state index < -0.39 is 102 Å². The number of rotatable bonds is 24. The highest BCUT2D eigenvalue weighted by Crippen LogP contribution is 2.17. The molecule has 330 valence electrons. The van der Waals surface area contributed by atoms with Crippen LogP contribution in [0.2, 0.25) is 0 Å².